The zero-order valence-electron chi connectivity index (χ0n) is 39.7. The maximum absolute atomic E-state index is 2.55. The van der Waals surface area contributed by atoms with Gasteiger partial charge < -0.3 is 4.90 Å². The van der Waals surface area contributed by atoms with Crippen LogP contribution in [0.1, 0.15) is 97.4 Å². The van der Waals surface area contributed by atoms with Crippen LogP contribution in [0.2, 0.25) is 0 Å². The van der Waals surface area contributed by atoms with Crippen LogP contribution in [-0.2, 0) is 10.8 Å². The number of aryl methyl sites for hydroxylation is 1. The summed E-state index contributed by atoms with van der Waals surface area (Å²) in [7, 11) is 0. The lowest BCUT2D eigenvalue weighted by Gasteiger charge is -2.31. The fraction of sp³-hybridized carbons (Fsp3) is 0.164. The molecule has 0 saturated carbocycles. The van der Waals surface area contributed by atoms with Crippen molar-refractivity contribution in [1.82, 2.24) is 0 Å². The molecule has 0 heterocycles. The normalized spacial score (nSPS) is 17.2. The van der Waals surface area contributed by atoms with Gasteiger partial charge in [-0.2, -0.15) is 0 Å². The minimum absolute atomic E-state index is 0.0893. The summed E-state index contributed by atoms with van der Waals surface area (Å²) in [5.74, 6) is 0.157. The van der Waals surface area contributed by atoms with Gasteiger partial charge in [0.1, 0.15) is 0 Å². The van der Waals surface area contributed by atoms with Crippen molar-refractivity contribution in [3.8, 4) is 11.1 Å². The summed E-state index contributed by atoms with van der Waals surface area (Å²) in [6.07, 6.45) is 7.88. The molecule has 328 valence electrons. The van der Waals surface area contributed by atoms with Gasteiger partial charge in [-0.05, 0) is 167 Å². The standard InChI is InChI=1S/C67H55N/c1-42-28-30-45(31-29-42)63-56(43-18-8-6-9-19-43)41-57(44-20-10-7-11-21-44)64-54-25-13-12-22-49(54)58-38-46(34-37-55(58)65(63)64)68(47-32-35-52-50-23-14-16-26-59(50)66(2,3)61(52)39-47)48-33-36-53-51-24-15-17-27-60(51)67(4,5)62(53)40-48/h6-14,16-23,25-40,56H,15,24,41H2,1-5H3. The average molecular weight is 874 g/mol. The van der Waals surface area contributed by atoms with Gasteiger partial charge in [0, 0.05) is 33.8 Å². The Kier molecular flexibility index (Phi) is 9.16. The fourth-order valence-electron chi connectivity index (χ4n) is 12.8. The molecule has 9 aromatic rings. The highest BCUT2D eigenvalue weighted by Crippen LogP contribution is 2.54. The van der Waals surface area contributed by atoms with Crippen LogP contribution in [0.15, 0.2) is 206 Å². The van der Waals surface area contributed by atoms with Gasteiger partial charge in [0.2, 0.25) is 0 Å². The predicted molar refractivity (Wildman–Crippen MR) is 288 cm³/mol. The molecule has 1 atom stereocenters. The van der Waals surface area contributed by atoms with E-state index in [0.717, 1.165) is 24.9 Å². The second-order valence-corrected chi connectivity index (χ2v) is 20.7. The zero-order valence-corrected chi connectivity index (χ0v) is 39.7. The van der Waals surface area contributed by atoms with Crippen molar-refractivity contribution in [2.24, 2.45) is 0 Å². The van der Waals surface area contributed by atoms with E-state index in [-0.39, 0.29) is 16.7 Å². The third-order valence-electron chi connectivity index (χ3n) is 16.2. The van der Waals surface area contributed by atoms with Crippen LogP contribution in [0.25, 0.3) is 49.4 Å². The van der Waals surface area contributed by atoms with E-state index < -0.39 is 0 Å². The number of nitrogens with zero attached hydrogens (tertiary/aromatic N) is 1. The van der Waals surface area contributed by atoms with E-state index in [1.54, 1.807) is 0 Å². The van der Waals surface area contributed by atoms with Gasteiger partial charge in [-0.25, -0.2) is 0 Å². The molecule has 0 bridgehead atoms. The lowest BCUT2D eigenvalue weighted by Crippen LogP contribution is -2.37. The molecule has 1 unspecified atom stereocenters. The SMILES string of the molecule is Cc1ccc(C2=c3c(c4ccccc4c4cc(N(c5ccc6c(c5)C(C)(C)C5=C6CCC=C5)c5ccc6c(c5)C(C)(C)c5ccccc5-6)ccc34)=C(c3ccccc3)CC2c2ccccc2)cc1. The molecule has 9 aromatic carbocycles. The summed E-state index contributed by atoms with van der Waals surface area (Å²) in [5.41, 5.74) is 22.6. The third-order valence-corrected chi connectivity index (χ3v) is 16.2. The fourth-order valence-corrected chi connectivity index (χ4v) is 12.8. The highest BCUT2D eigenvalue weighted by molar-refractivity contribution is 6.12. The second kappa shape index (κ2) is 15.3. The Morgan fingerprint density at radius 1 is 0.456 bits per heavy atom. The minimum Gasteiger partial charge on any atom is -0.310 e. The van der Waals surface area contributed by atoms with E-state index in [1.165, 1.54) is 121 Å². The Balaban J connectivity index is 1.12. The van der Waals surface area contributed by atoms with Crippen molar-refractivity contribution in [3.05, 3.63) is 261 Å². The number of hydrogen-bond donors (Lipinski definition) is 0. The van der Waals surface area contributed by atoms with Crippen LogP contribution < -0.4 is 15.3 Å². The first-order valence-corrected chi connectivity index (χ1v) is 24.7. The van der Waals surface area contributed by atoms with Crippen LogP contribution in [0.4, 0.5) is 17.1 Å². The van der Waals surface area contributed by atoms with Crippen molar-refractivity contribution in [2.45, 2.75) is 70.6 Å². The van der Waals surface area contributed by atoms with Gasteiger partial charge in [-0.15, -0.1) is 0 Å². The Morgan fingerprint density at radius 2 is 1.06 bits per heavy atom. The maximum atomic E-state index is 2.55. The van der Waals surface area contributed by atoms with Crippen LogP contribution >= 0.6 is 0 Å². The molecule has 4 aliphatic rings. The molecule has 0 saturated heterocycles. The zero-order chi connectivity index (χ0) is 45.9. The Labute approximate surface area is 400 Å². The summed E-state index contributed by atoms with van der Waals surface area (Å²) in [5, 5.41) is 7.84. The molecular formula is C67H55N. The molecule has 0 spiro atoms. The molecule has 0 aromatic heterocycles. The average Bonchev–Trinajstić information content (AvgIpc) is 3.75. The van der Waals surface area contributed by atoms with Gasteiger partial charge in [0.25, 0.3) is 0 Å². The topological polar surface area (TPSA) is 3.24 Å². The molecule has 13 rings (SSSR count). The highest BCUT2D eigenvalue weighted by Gasteiger charge is 2.39. The predicted octanol–water partition coefficient (Wildman–Crippen LogP) is 16.1. The monoisotopic (exact) mass is 873 g/mol. The van der Waals surface area contributed by atoms with Crippen LogP contribution in [-0.4, -0.2) is 0 Å². The number of anilines is 3. The number of fused-ring (bicyclic) bond motifs is 11. The molecule has 0 amide bonds. The lowest BCUT2D eigenvalue weighted by atomic mass is 9.74. The highest BCUT2D eigenvalue weighted by atomic mass is 15.1. The molecule has 0 fully saturated rings. The summed E-state index contributed by atoms with van der Waals surface area (Å²) < 4.78 is 0. The number of allylic oxidation sites excluding steroid dienone is 4. The summed E-state index contributed by atoms with van der Waals surface area (Å²) in [4.78, 5) is 2.55. The van der Waals surface area contributed by atoms with Gasteiger partial charge >= 0.3 is 0 Å². The van der Waals surface area contributed by atoms with Crippen molar-refractivity contribution >= 4 is 55.3 Å². The lowest BCUT2D eigenvalue weighted by molar-refractivity contribution is 0.651. The second-order valence-electron chi connectivity index (χ2n) is 20.7. The van der Waals surface area contributed by atoms with E-state index in [9.17, 15) is 0 Å². The Morgan fingerprint density at radius 3 is 1.82 bits per heavy atom. The molecule has 68 heavy (non-hydrogen) atoms. The molecule has 0 N–H and O–H groups in total. The maximum Gasteiger partial charge on any atom is 0.0468 e. The number of benzene rings is 9. The molecule has 1 heteroatoms. The summed E-state index contributed by atoms with van der Waals surface area (Å²) in [6, 6.07) is 71.8. The third kappa shape index (κ3) is 6.08. The van der Waals surface area contributed by atoms with Gasteiger partial charge in [0.15, 0.2) is 0 Å². The van der Waals surface area contributed by atoms with E-state index in [4.69, 9.17) is 0 Å². The van der Waals surface area contributed by atoms with E-state index in [1.807, 2.05) is 0 Å². The van der Waals surface area contributed by atoms with Crippen LogP contribution in [0.5, 0.6) is 0 Å². The van der Waals surface area contributed by atoms with Crippen molar-refractivity contribution in [2.75, 3.05) is 4.90 Å². The molecule has 0 radical (unpaired) electrons. The quantitative estimate of drug-likeness (QED) is 0.151. The van der Waals surface area contributed by atoms with Crippen molar-refractivity contribution < 1.29 is 0 Å². The Bertz CT molecular complexity index is 3750. The van der Waals surface area contributed by atoms with Crippen LogP contribution in [0, 0.1) is 6.92 Å². The van der Waals surface area contributed by atoms with Gasteiger partial charge in [-0.1, -0.05) is 197 Å². The minimum atomic E-state index is -0.133. The summed E-state index contributed by atoms with van der Waals surface area (Å²) in [6.45, 7) is 11.8. The summed E-state index contributed by atoms with van der Waals surface area (Å²) >= 11 is 0. The number of hydrogen-bond acceptors (Lipinski definition) is 1. The smallest absolute Gasteiger partial charge is 0.0468 e. The van der Waals surface area contributed by atoms with Gasteiger partial charge in [-0.3, -0.25) is 0 Å². The molecule has 4 aliphatic carbocycles. The first kappa shape index (κ1) is 40.8. The van der Waals surface area contributed by atoms with E-state index >= 15 is 0 Å². The first-order chi connectivity index (χ1) is 33.2. The largest absolute Gasteiger partial charge is 0.310 e. The van der Waals surface area contributed by atoms with Crippen molar-refractivity contribution in [3.63, 3.8) is 0 Å². The molecule has 1 nitrogen and oxygen atoms in total. The first-order valence-electron chi connectivity index (χ1n) is 24.7. The number of rotatable bonds is 6. The Hall–Kier alpha value is -7.48. The molecule has 0 aliphatic heterocycles. The van der Waals surface area contributed by atoms with E-state index in [2.05, 4.69) is 240 Å². The van der Waals surface area contributed by atoms with Crippen LogP contribution in [0.3, 0.4) is 0 Å². The van der Waals surface area contributed by atoms with Gasteiger partial charge in [0.05, 0.1) is 0 Å². The van der Waals surface area contributed by atoms with E-state index in [0.29, 0.717) is 0 Å². The van der Waals surface area contributed by atoms with Crippen molar-refractivity contribution in [1.29, 1.82) is 0 Å². The molecular weight excluding hydrogens is 819 g/mol.